The van der Waals surface area contributed by atoms with Crippen LogP contribution < -0.4 is 15.4 Å². The van der Waals surface area contributed by atoms with E-state index in [0.717, 1.165) is 0 Å². The number of para-hydroxylation sites is 1. The first-order chi connectivity index (χ1) is 12.5. The van der Waals surface area contributed by atoms with Crippen molar-refractivity contribution in [2.75, 3.05) is 13.2 Å². The summed E-state index contributed by atoms with van der Waals surface area (Å²) in [7, 11) is 0. The monoisotopic (exact) mass is 398 g/mol. The van der Waals surface area contributed by atoms with Crippen molar-refractivity contribution < 1.29 is 23.0 Å². The Labute approximate surface area is 162 Å². The van der Waals surface area contributed by atoms with Gasteiger partial charge >= 0.3 is 0 Å². The SMILES string of the molecule is C[C@H]1OCCN[C@@H]1C(=O)NCc1ccc(Oc2ccccc2F)c(F)c1.Cl. The Morgan fingerprint density at radius 2 is 1.96 bits per heavy atom. The van der Waals surface area contributed by atoms with Crippen LogP contribution in [0.2, 0.25) is 0 Å². The highest BCUT2D eigenvalue weighted by Crippen LogP contribution is 2.27. The molecule has 8 heteroatoms. The lowest BCUT2D eigenvalue weighted by molar-refractivity contribution is -0.129. The van der Waals surface area contributed by atoms with Gasteiger partial charge in [0, 0.05) is 13.1 Å². The van der Waals surface area contributed by atoms with E-state index in [1.807, 2.05) is 6.92 Å². The quantitative estimate of drug-likeness (QED) is 0.812. The van der Waals surface area contributed by atoms with Gasteiger partial charge in [-0.2, -0.15) is 0 Å². The lowest BCUT2D eigenvalue weighted by Gasteiger charge is -2.29. The molecule has 27 heavy (non-hydrogen) atoms. The van der Waals surface area contributed by atoms with Gasteiger partial charge in [0.2, 0.25) is 5.91 Å². The number of ether oxygens (including phenoxy) is 2. The largest absolute Gasteiger partial charge is 0.451 e. The summed E-state index contributed by atoms with van der Waals surface area (Å²) >= 11 is 0. The van der Waals surface area contributed by atoms with Crippen molar-refractivity contribution in [3.8, 4) is 11.5 Å². The highest BCUT2D eigenvalue weighted by molar-refractivity contribution is 5.85. The Balaban J connectivity index is 0.00000261. The molecule has 0 spiro atoms. The molecule has 3 rings (SSSR count). The number of nitrogens with one attached hydrogen (secondary N) is 2. The molecule has 2 aromatic rings. The number of rotatable bonds is 5. The normalized spacial score (nSPS) is 19.1. The second kappa shape index (κ2) is 9.64. The second-order valence-electron chi connectivity index (χ2n) is 6.02. The van der Waals surface area contributed by atoms with E-state index < -0.39 is 17.7 Å². The third-order valence-electron chi connectivity index (χ3n) is 4.12. The third-order valence-corrected chi connectivity index (χ3v) is 4.12. The predicted octanol–water partition coefficient (Wildman–Crippen LogP) is 3.17. The van der Waals surface area contributed by atoms with Crippen molar-refractivity contribution in [3.05, 3.63) is 59.7 Å². The Kier molecular flexibility index (Phi) is 7.53. The molecule has 0 radical (unpaired) electrons. The molecule has 1 aliphatic rings. The zero-order chi connectivity index (χ0) is 18.5. The second-order valence-corrected chi connectivity index (χ2v) is 6.02. The highest BCUT2D eigenvalue weighted by atomic mass is 35.5. The number of hydrogen-bond donors (Lipinski definition) is 2. The number of amides is 1. The van der Waals surface area contributed by atoms with E-state index in [0.29, 0.717) is 18.7 Å². The van der Waals surface area contributed by atoms with Crippen molar-refractivity contribution in [1.82, 2.24) is 10.6 Å². The minimum Gasteiger partial charge on any atom is -0.451 e. The van der Waals surface area contributed by atoms with Crippen molar-refractivity contribution in [2.45, 2.75) is 25.6 Å². The molecule has 0 aliphatic carbocycles. The summed E-state index contributed by atoms with van der Waals surface area (Å²) < 4.78 is 38.5. The van der Waals surface area contributed by atoms with Crippen molar-refractivity contribution >= 4 is 18.3 Å². The van der Waals surface area contributed by atoms with E-state index >= 15 is 0 Å². The van der Waals surface area contributed by atoms with E-state index in [-0.39, 0.29) is 42.5 Å². The average Bonchev–Trinajstić information content (AvgIpc) is 2.64. The van der Waals surface area contributed by atoms with Gasteiger partial charge in [-0.05, 0) is 36.8 Å². The number of carbonyl (C=O) groups excluding carboxylic acids is 1. The first-order valence-corrected chi connectivity index (χ1v) is 8.38. The topological polar surface area (TPSA) is 59.6 Å². The van der Waals surface area contributed by atoms with Gasteiger partial charge in [0.25, 0.3) is 0 Å². The highest BCUT2D eigenvalue weighted by Gasteiger charge is 2.27. The van der Waals surface area contributed by atoms with E-state index in [4.69, 9.17) is 9.47 Å². The van der Waals surface area contributed by atoms with Gasteiger partial charge in [0.15, 0.2) is 23.1 Å². The molecule has 1 saturated heterocycles. The summed E-state index contributed by atoms with van der Waals surface area (Å²) in [4.78, 5) is 12.2. The van der Waals surface area contributed by atoms with Gasteiger partial charge in [-0.3, -0.25) is 4.79 Å². The standard InChI is InChI=1S/C19H20F2N2O3.ClH/c1-12-18(22-8-9-25-12)19(24)23-11-13-6-7-17(15(21)10-13)26-16-5-3-2-4-14(16)20;/h2-7,10,12,18,22H,8-9,11H2,1H3,(H,23,24);1H/t12-,18+;/m1./s1. The predicted molar refractivity (Wildman–Crippen MR) is 99.2 cm³/mol. The van der Waals surface area contributed by atoms with E-state index in [1.165, 1.54) is 30.3 Å². The molecule has 1 heterocycles. The molecule has 0 unspecified atom stereocenters. The van der Waals surface area contributed by atoms with Crippen molar-refractivity contribution in [3.63, 3.8) is 0 Å². The van der Waals surface area contributed by atoms with Crippen LogP contribution in [0.25, 0.3) is 0 Å². The minimum atomic E-state index is -0.632. The maximum atomic E-state index is 14.2. The molecule has 0 saturated carbocycles. The van der Waals surface area contributed by atoms with Gasteiger partial charge in [-0.1, -0.05) is 18.2 Å². The van der Waals surface area contributed by atoms with E-state index in [9.17, 15) is 13.6 Å². The van der Waals surface area contributed by atoms with Crippen LogP contribution >= 0.6 is 12.4 Å². The fourth-order valence-corrected chi connectivity index (χ4v) is 2.71. The fourth-order valence-electron chi connectivity index (χ4n) is 2.71. The minimum absolute atomic E-state index is 0. The molecule has 0 bridgehead atoms. The van der Waals surface area contributed by atoms with E-state index in [2.05, 4.69) is 10.6 Å². The van der Waals surface area contributed by atoms with Crippen LogP contribution in [0.3, 0.4) is 0 Å². The van der Waals surface area contributed by atoms with Crippen molar-refractivity contribution in [1.29, 1.82) is 0 Å². The van der Waals surface area contributed by atoms with Gasteiger partial charge in [0.1, 0.15) is 6.04 Å². The molecule has 1 fully saturated rings. The Morgan fingerprint density at radius 3 is 2.67 bits per heavy atom. The zero-order valence-corrected chi connectivity index (χ0v) is 15.5. The Hall–Kier alpha value is -2.22. The molecular formula is C19H21ClF2N2O3. The first kappa shape index (κ1) is 21.1. The van der Waals surface area contributed by atoms with Gasteiger partial charge in [-0.15, -0.1) is 12.4 Å². The molecule has 5 nitrogen and oxygen atoms in total. The van der Waals surface area contributed by atoms with Crippen LogP contribution in [-0.4, -0.2) is 31.2 Å². The molecule has 1 aliphatic heterocycles. The zero-order valence-electron chi connectivity index (χ0n) is 14.7. The lowest BCUT2D eigenvalue weighted by atomic mass is 10.1. The smallest absolute Gasteiger partial charge is 0.240 e. The first-order valence-electron chi connectivity index (χ1n) is 8.38. The number of benzene rings is 2. The fraction of sp³-hybridized carbons (Fsp3) is 0.316. The summed E-state index contributed by atoms with van der Waals surface area (Å²) in [6, 6.07) is 9.63. The number of morpholine rings is 1. The van der Waals surface area contributed by atoms with Crippen LogP contribution in [0.5, 0.6) is 11.5 Å². The van der Waals surface area contributed by atoms with E-state index in [1.54, 1.807) is 12.1 Å². The van der Waals surface area contributed by atoms with Crippen LogP contribution in [0.4, 0.5) is 8.78 Å². The molecule has 0 aromatic heterocycles. The van der Waals surface area contributed by atoms with Gasteiger partial charge in [0.05, 0.1) is 12.7 Å². The summed E-state index contributed by atoms with van der Waals surface area (Å²) in [6.07, 6.45) is -0.225. The summed E-state index contributed by atoms with van der Waals surface area (Å²) in [5, 5.41) is 5.85. The van der Waals surface area contributed by atoms with Gasteiger partial charge in [-0.25, -0.2) is 8.78 Å². The van der Waals surface area contributed by atoms with Crippen molar-refractivity contribution in [2.24, 2.45) is 0 Å². The van der Waals surface area contributed by atoms with Gasteiger partial charge < -0.3 is 20.1 Å². The summed E-state index contributed by atoms with van der Waals surface area (Å²) in [5.41, 5.74) is 0.570. The summed E-state index contributed by atoms with van der Waals surface area (Å²) in [5.74, 6) is -1.54. The molecule has 146 valence electrons. The van der Waals surface area contributed by atoms with Crippen LogP contribution in [0, 0.1) is 11.6 Å². The Bertz CT molecular complexity index is 791. The number of carbonyl (C=O) groups is 1. The third kappa shape index (κ3) is 5.38. The molecule has 2 atom stereocenters. The number of halogens is 3. The number of hydrogen-bond acceptors (Lipinski definition) is 4. The lowest BCUT2D eigenvalue weighted by Crippen LogP contribution is -2.55. The average molecular weight is 399 g/mol. The molecule has 2 aromatic carbocycles. The Morgan fingerprint density at radius 1 is 1.22 bits per heavy atom. The van der Waals surface area contributed by atoms with Crippen LogP contribution in [-0.2, 0) is 16.1 Å². The molecule has 2 N–H and O–H groups in total. The maximum absolute atomic E-state index is 14.2. The summed E-state index contributed by atoms with van der Waals surface area (Å²) in [6.45, 7) is 3.17. The van der Waals surface area contributed by atoms with Crippen LogP contribution in [0.1, 0.15) is 12.5 Å². The van der Waals surface area contributed by atoms with Crippen LogP contribution in [0.15, 0.2) is 42.5 Å². The molecular weight excluding hydrogens is 378 g/mol. The maximum Gasteiger partial charge on any atom is 0.240 e. The molecule has 1 amide bonds.